The van der Waals surface area contributed by atoms with Crippen LogP contribution in [0, 0.1) is 0 Å². The average molecular weight is 144 g/mol. The van der Waals surface area contributed by atoms with Crippen LogP contribution in [-0.4, -0.2) is 14.7 Å². The molecule has 0 atom stereocenters. The first-order valence-electron chi connectivity index (χ1n) is 2.13. The number of carbonyl (C=O) groups is 1. The lowest BCUT2D eigenvalue weighted by molar-refractivity contribution is 0.0949. The molecule has 0 unspecified atom stereocenters. The van der Waals surface area contributed by atoms with Crippen LogP contribution >= 0.6 is 11.7 Å². The monoisotopic (exact) mass is 144 g/mol. The van der Waals surface area contributed by atoms with Gasteiger partial charge < -0.3 is 0 Å². The zero-order valence-corrected chi connectivity index (χ0v) is 5.18. The highest BCUT2D eigenvalue weighted by Crippen LogP contribution is 1.92. The minimum absolute atomic E-state index is 0.252. The largest absolute Gasteiger partial charge is 0.289 e. The number of rotatable bonds is 1. The van der Waals surface area contributed by atoms with Crippen molar-refractivity contribution in [1.29, 1.82) is 0 Å². The van der Waals surface area contributed by atoms with Crippen molar-refractivity contribution in [3.63, 3.8) is 0 Å². The summed E-state index contributed by atoms with van der Waals surface area (Å²) < 4.78 is 7.23. The Morgan fingerprint density at radius 2 is 2.67 bits per heavy atom. The molecule has 0 spiro atoms. The van der Waals surface area contributed by atoms with Crippen LogP contribution in [0.2, 0.25) is 0 Å². The number of hydrogen-bond donors (Lipinski definition) is 2. The van der Waals surface area contributed by atoms with Gasteiger partial charge in [-0.05, 0) is 0 Å². The van der Waals surface area contributed by atoms with Crippen molar-refractivity contribution in [3.8, 4) is 0 Å². The van der Waals surface area contributed by atoms with Crippen LogP contribution in [-0.2, 0) is 0 Å². The molecule has 9 heavy (non-hydrogen) atoms. The van der Waals surface area contributed by atoms with Gasteiger partial charge in [-0.2, -0.15) is 8.75 Å². The van der Waals surface area contributed by atoms with E-state index in [1.54, 1.807) is 0 Å². The molecule has 1 aromatic rings. The molecular formula is C3H4N4OS. The van der Waals surface area contributed by atoms with Crippen LogP contribution in [0.4, 0.5) is 0 Å². The summed E-state index contributed by atoms with van der Waals surface area (Å²) >= 11 is 0.967. The predicted octanol–water partition coefficient (Wildman–Crippen LogP) is -0.858. The molecule has 1 rings (SSSR count). The third-order valence-corrected chi connectivity index (χ3v) is 1.20. The SMILES string of the molecule is NNC(=O)c1cnsn1. The molecule has 0 aliphatic heterocycles. The fourth-order valence-electron chi connectivity index (χ4n) is 0.339. The summed E-state index contributed by atoms with van der Waals surface area (Å²) in [6, 6.07) is 0. The number of nitrogen functional groups attached to an aromatic ring is 1. The summed E-state index contributed by atoms with van der Waals surface area (Å²) in [5.74, 6) is 4.39. The third kappa shape index (κ3) is 1.21. The Balaban J connectivity index is 2.77. The average Bonchev–Trinajstić information content (AvgIpc) is 2.37. The highest BCUT2D eigenvalue weighted by molar-refractivity contribution is 6.99. The molecular weight excluding hydrogens is 140 g/mol. The van der Waals surface area contributed by atoms with Crippen LogP contribution in [0.3, 0.4) is 0 Å². The van der Waals surface area contributed by atoms with Gasteiger partial charge in [0.15, 0.2) is 5.69 Å². The number of hydrazine groups is 1. The number of hydrogen-bond acceptors (Lipinski definition) is 5. The Hall–Kier alpha value is -1.01. The van der Waals surface area contributed by atoms with E-state index in [9.17, 15) is 4.79 Å². The van der Waals surface area contributed by atoms with Gasteiger partial charge in [-0.15, -0.1) is 0 Å². The Morgan fingerprint density at radius 1 is 1.89 bits per heavy atom. The van der Waals surface area contributed by atoms with E-state index in [0.717, 1.165) is 11.7 Å². The van der Waals surface area contributed by atoms with Crippen LogP contribution in [0.1, 0.15) is 10.5 Å². The Bertz CT molecular complexity index is 196. The van der Waals surface area contributed by atoms with Gasteiger partial charge in [0.2, 0.25) is 0 Å². The molecule has 0 aromatic carbocycles. The smallest absolute Gasteiger partial charge is 0.286 e. The topological polar surface area (TPSA) is 80.9 Å². The number of nitrogens with two attached hydrogens (primary N) is 1. The molecule has 0 fully saturated rings. The molecule has 48 valence electrons. The van der Waals surface area contributed by atoms with E-state index in [1.807, 2.05) is 5.43 Å². The van der Waals surface area contributed by atoms with Gasteiger partial charge in [0.1, 0.15) is 0 Å². The van der Waals surface area contributed by atoms with Crippen molar-refractivity contribution < 1.29 is 4.79 Å². The number of amides is 1. The number of nitrogens with one attached hydrogen (secondary N) is 1. The van der Waals surface area contributed by atoms with Crippen LogP contribution in [0.15, 0.2) is 6.20 Å². The molecule has 1 aromatic heterocycles. The second-order valence-electron chi connectivity index (χ2n) is 1.27. The Labute approximate surface area is 55.2 Å². The summed E-state index contributed by atoms with van der Waals surface area (Å²) in [6.07, 6.45) is 1.35. The van der Waals surface area contributed by atoms with E-state index in [-0.39, 0.29) is 5.69 Å². The molecule has 0 aliphatic carbocycles. The molecule has 0 radical (unpaired) electrons. The molecule has 5 nitrogen and oxygen atoms in total. The second kappa shape index (κ2) is 2.51. The minimum atomic E-state index is -0.413. The maximum Gasteiger partial charge on any atom is 0.286 e. The lowest BCUT2D eigenvalue weighted by Crippen LogP contribution is -2.30. The summed E-state index contributed by atoms with van der Waals surface area (Å²) in [5.41, 5.74) is 2.18. The first kappa shape index (κ1) is 6.12. The maximum atomic E-state index is 10.5. The summed E-state index contributed by atoms with van der Waals surface area (Å²) in [5, 5.41) is 0. The van der Waals surface area contributed by atoms with Gasteiger partial charge >= 0.3 is 0 Å². The van der Waals surface area contributed by atoms with Crippen LogP contribution < -0.4 is 11.3 Å². The molecule has 0 saturated heterocycles. The summed E-state index contributed by atoms with van der Waals surface area (Å²) in [6.45, 7) is 0. The first-order chi connectivity index (χ1) is 4.34. The van der Waals surface area contributed by atoms with E-state index < -0.39 is 5.91 Å². The van der Waals surface area contributed by atoms with Crippen molar-refractivity contribution in [3.05, 3.63) is 11.9 Å². The Kier molecular flexibility index (Phi) is 1.71. The normalized spacial score (nSPS) is 9.00. The van der Waals surface area contributed by atoms with Gasteiger partial charge in [-0.3, -0.25) is 10.2 Å². The van der Waals surface area contributed by atoms with Gasteiger partial charge in [0.05, 0.1) is 17.9 Å². The van der Waals surface area contributed by atoms with E-state index in [2.05, 4.69) is 8.75 Å². The van der Waals surface area contributed by atoms with E-state index >= 15 is 0 Å². The lowest BCUT2D eigenvalue weighted by atomic mass is 10.5. The maximum absolute atomic E-state index is 10.5. The standard InChI is InChI=1S/C3H4N4OS/c4-6-3(8)2-1-5-9-7-2/h1H,4H2,(H,6,8). The molecule has 0 saturated carbocycles. The minimum Gasteiger partial charge on any atom is -0.289 e. The lowest BCUT2D eigenvalue weighted by Gasteiger charge is -1.88. The van der Waals surface area contributed by atoms with Crippen LogP contribution in [0.25, 0.3) is 0 Å². The van der Waals surface area contributed by atoms with Crippen molar-refractivity contribution in [2.45, 2.75) is 0 Å². The van der Waals surface area contributed by atoms with E-state index in [0.29, 0.717) is 0 Å². The number of carbonyl (C=O) groups excluding carboxylic acids is 1. The van der Waals surface area contributed by atoms with Crippen molar-refractivity contribution >= 4 is 17.6 Å². The van der Waals surface area contributed by atoms with Gasteiger partial charge in [-0.25, -0.2) is 5.84 Å². The molecule has 1 heterocycles. The van der Waals surface area contributed by atoms with Gasteiger partial charge in [0.25, 0.3) is 5.91 Å². The highest BCUT2D eigenvalue weighted by atomic mass is 32.1. The fraction of sp³-hybridized carbons (Fsp3) is 0. The van der Waals surface area contributed by atoms with Crippen LogP contribution in [0.5, 0.6) is 0 Å². The van der Waals surface area contributed by atoms with Crippen molar-refractivity contribution in [2.24, 2.45) is 5.84 Å². The molecule has 0 bridgehead atoms. The number of aromatic nitrogens is 2. The molecule has 6 heteroatoms. The molecule has 3 N–H and O–H groups in total. The summed E-state index contributed by atoms with van der Waals surface area (Å²) in [4.78, 5) is 10.5. The number of nitrogens with zero attached hydrogens (tertiary/aromatic N) is 2. The van der Waals surface area contributed by atoms with Crippen molar-refractivity contribution in [1.82, 2.24) is 14.2 Å². The van der Waals surface area contributed by atoms with Gasteiger partial charge in [-0.1, -0.05) is 0 Å². The van der Waals surface area contributed by atoms with Crippen molar-refractivity contribution in [2.75, 3.05) is 0 Å². The van der Waals surface area contributed by atoms with Gasteiger partial charge in [0, 0.05) is 0 Å². The zero-order valence-electron chi connectivity index (χ0n) is 4.37. The zero-order chi connectivity index (χ0) is 6.69. The predicted molar refractivity (Wildman–Crippen MR) is 31.6 cm³/mol. The second-order valence-corrected chi connectivity index (χ2v) is 1.82. The quantitative estimate of drug-likeness (QED) is 0.305. The Morgan fingerprint density at radius 3 is 3.11 bits per heavy atom. The molecule has 0 aliphatic rings. The fourth-order valence-corrected chi connectivity index (χ4v) is 0.751. The third-order valence-electron chi connectivity index (χ3n) is 0.725. The van der Waals surface area contributed by atoms with E-state index in [1.165, 1.54) is 6.20 Å². The molecule has 1 amide bonds. The highest BCUT2D eigenvalue weighted by Gasteiger charge is 2.03. The van der Waals surface area contributed by atoms with E-state index in [4.69, 9.17) is 5.84 Å². The summed E-state index contributed by atoms with van der Waals surface area (Å²) in [7, 11) is 0. The first-order valence-corrected chi connectivity index (χ1v) is 2.86.